The van der Waals surface area contributed by atoms with Crippen LogP contribution in [0.2, 0.25) is 0 Å². The number of halogens is 5. The number of amides is 1. The van der Waals surface area contributed by atoms with Crippen LogP contribution >= 0.6 is 0 Å². The van der Waals surface area contributed by atoms with Crippen molar-refractivity contribution in [2.45, 2.75) is 25.8 Å². The second-order valence-corrected chi connectivity index (χ2v) is 5.48. The highest BCUT2D eigenvalue weighted by molar-refractivity contribution is 5.97. The molecule has 0 spiro atoms. The molecular weight excluding hydrogens is 389 g/mol. The number of anilines is 1. The number of alkyl halides is 5. The largest absolute Gasteiger partial charge is 0.449 e. The van der Waals surface area contributed by atoms with E-state index in [1.807, 2.05) is 0 Å². The second kappa shape index (κ2) is 8.68. The Morgan fingerprint density at radius 2 is 1.61 bits per heavy atom. The Kier molecular flexibility index (Phi) is 6.55. The van der Waals surface area contributed by atoms with Crippen LogP contribution in [0.3, 0.4) is 0 Å². The highest BCUT2D eigenvalue weighted by Crippen LogP contribution is 2.34. The molecule has 1 amide bonds. The van der Waals surface area contributed by atoms with E-state index in [0.717, 1.165) is 36.4 Å². The van der Waals surface area contributed by atoms with E-state index in [9.17, 15) is 31.5 Å². The normalized spacial score (nSPS) is 12.4. The first-order valence-corrected chi connectivity index (χ1v) is 7.81. The van der Waals surface area contributed by atoms with Crippen LogP contribution in [-0.2, 0) is 15.7 Å². The number of para-hydroxylation sites is 1. The van der Waals surface area contributed by atoms with Crippen molar-refractivity contribution in [3.63, 3.8) is 0 Å². The molecule has 0 aliphatic heterocycles. The molecule has 150 valence electrons. The quantitative estimate of drug-likeness (QED) is 0.570. The lowest BCUT2D eigenvalue weighted by Gasteiger charge is -2.17. The van der Waals surface area contributed by atoms with Crippen LogP contribution in [0.25, 0.3) is 0 Å². The summed E-state index contributed by atoms with van der Waals surface area (Å²) in [6, 6.07) is 8.84. The lowest BCUT2D eigenvalue weighted by atomic mass is 10.1. The number of rotatable bonds is 6. The van der Waals surface area contributed by atoms with Crippen LogP contribution < -0.4 is 10.1 Å². The lowest BCUT2D eigenvalue weighted by Crippen LogP contribution is -2.30. The van der Waals surface area contributed by atoms with Gasteiger partial charge in [-0.15, -0.1) is 0 Å². The Bertz CT molecular complexity index is 837. The third-order valence-corrected chi connectivity index (χ3v) is 3.46. The summed E-state index contributed by atoms with van der Waals surface area (Å²) in [7, 11) is 0. The van der Waals surface area contributed by atoms with Gasteiger partial charge in [0.15, 0.2) is 6.10 Å². The molecule has 0 saturated heterocycles. The highest BCUT2D eigenvalue weighted by atomic mass is 19.4. The average molecular weight is 403 g/mol. The Hall–Kier alpha value is -3.17. The molecule has 0 aliphatic rings. The summed E-state index contributed by atoms with van der Waals surface area (Å²) in [5.74, 6) is -2.11. The summed E-state index contributed by atoms with van der Waals surface area (Å²) in [4.78, 5) is 24.1. The number of nitrogens with one attached hydrogen (secondary N) is 1. The van der Waals surface area contributed by atoms with Gasteiger partial charge in [-0.2, -0.15) is 22.0 Å². The first-order valence-electron chi connectivity index (χ1n) is 7.81. The van der Waals surface area contributed by atoms with Crippen molar-refractivity contribution in [1.29, 1.82) is 0 Å². The zero-order valence-corrected chi connectivity index (χ0v) is 14.3. The standard InChI is InChI=1S/C18H14F5NO4/c1-10(15(25)24-14-5-3-2-4-13(14)18(21,22)23)27-16(26)11-6-8-12(9-7-11)28-17(19)20/h2-10,17H,1H3,(H,24,25). The van der Waals surface area contributed by atoms with Gasteiger partial charge in [0, 0.05) is 0 Å². The molecule has 2 rings (SSSR count). The van der Waals surface area contributed by atoms with Gasteiger partial charge in [0.05, 0.1) is 16.8 Å². The molecule has 28 heavy (non-hydrogen) atoms. The lowest BCUT2D eigenvalue weighted by molar-refractivity contribution is -0.137. The van der Waals surface area contributed by atoms with Crippen LogP contribution in [0, 0.1) is 0 Å². The van der Waals surface area contributed by atoms with Gasteiger partial charge in [-0.3, -0.25) is 4.79 Å². The van der Waals surface area contributed by atoms with Crippen LogP contribution in [0.5, 0.6) is 5.75 Å². The summed E-state index contributed by atoms with van der Waals surface area (Å²) in [6.07, 6.45) is -6.09. The molecule has 10 heteroatoms. The predicted octanol–water partition coefficient (Wildman–Crippen LogP) is 4.49. The van der Waals surface area contributed by atoms with Gasteiger partial charge in [0.1, 0.15) is 5.75 Å². The van der Waals surface area contributed by atoms with Crippen LogP contribution in [-0.4, -0.2) is 24.6 Å². The molecule has 1 N–H and O–H groups in total. The number of carbonyl (C=O) groups is 2. The first kappa shape index (κ1) is 21.1. The fraction of sp³-hybridized carbons (Fsp3) is 0.222. The smallest absolute Gasteiger partial charge is 0.418 e. The molecule has 0 fully saturated rings. The minimum Gasteiger partial charge on any atom is -0.449 e. The van der Waals surface area contributed by atoms with E-state index >= 15 is 0 Å². The molecule has 0 aliphatic carbocycles. The van der Waals surface area contributed by atoms with Crippen molar-refractivity contribution >= 4 is 17.6 Å². The molecule has 2 aromatic carbocycles. The van der Waals surface area contributed by atoms with Crippen molar-refractivity contribution in [1.82, 2.24) is 0 Å². The molecule has 1 unspecified atom stereocenters. The van der Waals surface area contributed by atoms with Gasteiger partial charge < -0.3 is 14.8 Å². The van der Waals surface area contributed by atoms with Crippen molar-refractivity contribution < 1.29 is 41.0 Å². The van der Waals surface area contributed by atoms with E-state index in [1.54, 1.807) is 0 Å². The third-order valence-electron chi connectivity index (χ3n) is 3.46. The van der Waals surface area contributed by atoms with Crippen molar-refractivity contribution in [3.05, 3.63) is 59.7 Å². The van der Waals surface area contributed by atoms with E-state index in [4.69, 9.17) is 4.74 Å². The molecular formula is C18H14F5NO4. The van der Waals surface area contributed by atoms with Crippen molar-refractivity contribution in [2.75, 3.05) is 5.32 Å². The summed E-state index contributed by atoms with van der Waals surface area (Å²) in [5.41, 5.74) is -1.58. The Morgan fingerprint density at radius 1 is 1.00 bits per heavy atom. The number of esters is 1. The molecule has 0 bridgehead atoms. The molecule has 0 radical (unpaired) electrons. The molecule has 0 heterocycles. The van der Waals surface area contributed by atoms with Crippen molar-refractivity contribution in [2.24, 2.45) is 0 Å². The van der Waals surface area contributed by atoms with E-state index < -0.39 is 42.0 Å². The van der Waals surface area contributed by atoms with Crippen molar-refractivity contribution in [3.8, 4) is 5.75 Å². The number of hydrogen-bond acceptors (Lipinski definition) is 4. The molecule has 1 atom stereocenters. The van der Waals surface area contributed by atoms with Crippen LogP contribution in [0.15, 0.2) is 48.5 Å². The summed E-state index contributed by atoms with van der Waals surface area (Å²) in [5, 5.41) is 2.06. The summed E-state index contributed by atoms with van der Waals surface area (Å²) in [6.45, 7) is -1.85. The average Bonchev–Trinajstić information content (AvgIpc) is 2.61. The highest BCUT2D eigenvalue weighted by Gasteiger charge is 2.34. The fourth-order valence-corrected chi connectivity index (χ4v) is 2.13. The van der Waals surface area contributed by atoms with E-state index in [-0.39, 0.29) is 11.3 Å². The van der Waals surface area contributed by atoms with Gasteiger partial charge in [0.2, 0.25) is 0 Å². The number of hydrogen-bond donors (Lipinski definition) is 1. The molecule has 5 nitrogen and oxygen atoms in total. The molecule has 2 aromatic rings. The fourth-order valence-electron chi connectivity index (χ4n) is 2.13. The van der Waals surface area contributed by atoms with Gasteiger partial charge >= 0.3 is 18.8 Å². The Balaban J connectivity index is 2.02. The minimum atomic E-state index is -4.67. The van der Waals surface area contributed by atoms with Crippen LogP contribution in [0.4, 0.5) is 27.6 Å². The van der Waals surface area contributed by atoms with Gasteiger partial charge in [-0.25, -0.2) is 4.79 Å². The summed E-state index contributed by atoms with van der Waals surface area (Å²) >= 11 is 0. The third kappa shape index (κ3) is 5.66. The topological polar surface area (TPSA) is 64.6 Å². The maximum atomic E-state index is 12.9. The van der Waals surface area contributed by atoms with E-state index in [2.05, 4.69) is 10.1 Å². The maximum absolute atomic E-state index is 12.9. The predicted molar refractivity (Wildman–Crippen MR) is 88.0 cm³/mol. The summed E-state index contributed by atoms with van der Waals surface area (Å²) < 4.78 is 72.1. The monoisotopic (exact) mass is 403 g/mol. The second-order valence-electron chi connectivity index (χ2n) is 5.48. The zero-order valence-electron chi connectivity index (χ0n) is 14.3. The maximum Gasteiger partial charge on any atom is 0.418 e. The van der Waals surface area contributed by atoms with Gasteiger partial charge in [0.25, 0.3) is 5.91 Å². The number of ether oxygens (including phenoxy) is 2. The van der Waals surface area contributed by atoms with E-state index in [1.165, 1.54) is 19.1 Å². The molecule has 0 saturated carbocycles. The van der Waals surface area contributed by atoms with Gasteiger partial charge in [-0.05, 0) is 43.3 Å². The van der Waals surface area contributed by atoms with E-state index in [0.29, 0.717) is 0 Å². The SMILES string of the molecule is CC(OC(=O)c1ccc(OC(F)F)cc1)C(=O)Nc1ccccc1C(F)(F)F. The molecule has 0 aromatic heterocycles. The van der Waals surface area contributed by atoms with Crippen LogP contribution in [0.1, 0.15) is 22.8 Å². The zero-order chi connectivity index (χ0) is 20.9. The number of carbonyl (C=O) groups excluding carboxylic acids is 2. The van der Waals surface area contributed by atoms with Gasteiger partial charge in [-0.1, -0.05) is 12.1 Å². The Labute approximate surface area is 156 Å². The first-order chi connectivity index (χ1) is 13.1. The Morgan fingerprint density at radius 3 is 2.18 bits per heavy atom. The number of benzene rings is 2. The minimum absolute atomic E-state index is 0.0584.